The van der Waals surface area contributed by atoms with Gasteiger partial charge in [-0.3, -0.25) is 4.79 Å². The summed E-state index contributed by atoms with van der Waals surface area (Å²) in [5.41, 5.74) is 2.82. The zero-order valence-corrected chi connectivity index (χ0v) is 12.9. The van der Waals surface area contributed by atoms with Crippen LogP contribution < -0.4 is 0 Å². The van der Waals surface area contributed by atoms with Crippen LogP contribution in [0.15, 0.2) is 22.9 Å². The summed E-state index contributed by atoms with van der Waals surface area (Å²) in [7, 11) is 0. The van der Waals surface area contributed by atoms with Crippen LogP contribution in [0.1, 0.15) is 59.7 Å². The number of aryl methyl sites for hydroxylation is 1. The molecule has 1 amide bonds. The van der Waals surface area contributed by atoms with Crippen LogP contribution in [0.25, 0.3) is 0 Å². The molecule has 0 saturated heterocycles. The number of fused-ring (bicyclic) bond motifs is 2. The molecule has 2 aromatic heterocycles. The van der Waals surface area contributed by atoms with Crippen LogP contribution in [0.5, 0.6) is 0 Å². The predicted molar refractivity (Wildman–Crippen MR) is 81.6 cm³/mol. The average Bonchev–Trinajstić information content (AvgIpc) is 3.19. The first-order valence-electron chi connectivity index (χ1n) is 8.23. The molecule has 1 aliphatic carbocycles. The molecule has 0 saturated carbocycles. The van der Waals surface area contributed by atoms with Crippen molar-refractivity contribution in [3.05, 3.63) is 41.0 Å². The number of hydrogen-bond acceptors (Lipinski definition) is 3. The van der Waals surface area contributed by atoms with Crippen molar-refractivity contribution in [1.29, 1.82) is 0 Å². The van der Waals surface area contributed by atoms with E-state index in [-0.39, 0.29) is 11.9 Å². The molecule has 0 radical (unpaired) electrons. The van der Waals surface area contributed by atoms with Crippen LogP contribution in [0.3, 0.4) is 0 Å². The van der Waals surface area contributed by atoms with Crippen LogP contribution in [-0.2, 0) is 19.4 Å². The number of carbonyl (C=O) groups excluding carboxylic acids is 1. The summed E-state index contributed by atoms with van der Waals surface area (Å²) in [6.07, 6.45) is 7.09. The van der Waals surface area contributed by atoms with Crippen molar-refractivity contribution < 1.29 is 9.32 Å². The van der Waals surface area contributed by atoms with E-state index in [0.29, 0.717) is 5.69 Å². The first-order valence-corrected chi connectivity index (χ1v) is 8.23. The van der Waals surface area contributed by atoms with Gasteiger partial charge in [-0.05, 0) is 37.8 Å². The summed E-state index contributed by atoms with van der Waals surface area (Å²) >= 11 is 0. The van der Waals surface area contributed by atoms with Crippen molar-refractivity contribution in [2.75, 3.05) is 6.54 Å². The highest BCUT2D eigenvalue weighted by atomic mass is 16.5. The molecule has 2 aromatic rings. The number of hydrogen-bond donors (Lipinski definition) is 0. The maximum atomic E-state index is 13.0. The van der Waals surface area contributed by atoms with E-state index in [1.807, 2.05) is 4.90 Å². The Bertz CT molecular complexity index is 701. The number of aromatic nitrogens is 2. The van der Waals surface area contributed by atoms with Gasteiger partial charge in [0.05, 0.1) is 6.04 Å². The van der Waals surface area contributed by atoms with Gasteiger partial charge >= 0.3 is 0 Å². The molecule has 0 fully saturated rings. The summed E-state index contributed by atoms with van der Waals surface area (Å²) < 4.78 is 7.67. The van der Waals surface area contributed by atoms with Crippen molar-refractivity contribution in [1.82, 2.24) is 14.6 Å². The average molecular weight is 299 g/mol. The Kier molecular flexibility index (Phi) is 3.28. The molecule has 3 heterocycles. The Morgan fingerprint density at radius 3 is 3.09 bits per heavy atom. The highest BCUT2D eigenvalue weighted by Crippen LogP contribution is 2.32. The zero-order valence-electron chi connectivity index (χ0n) is 12.9. The molecule has 0 N–H and O–H groups in total. The Balaban J connectivity index is 1.67. The van der Waals surface area contributed by atoms with Gasteiger partial charge in [-0.25, -0.2) is 0 Å². The normalized spacial score (nSPS) is 20.6. The van der Waals surface area contributed by atoms with Crippen LogP contribution in [0.2, 0.25) is 0 Å². The van der Waals surface area contributed by atoms with Crippen LogP contribution >= 0.6 is 0 Å². The first-order chi connectivity index (χ1) is 10.8. The maximum Gasteiger partial charge on any atom is 0.276 e. The minimum absolute atomic E-state index is 0.0335. The molecule has 0 unspecified atom stereocenters. The minimum Gasteiger partial charge on any atom is -0.360 e. The van der Waals surface area contributed by atoms with Crippen molar-refractivity contribution in [2.24, 2.45) is 0 Å². The molecular weight excluding hydrogens is 278 g/mol. The third kappa shape index (κ3) is 1.99. The van der Waals surface area contributed by atoms with E-state index < -0.39 is 0 Å². The molecule has 4 rings (SSSR count). The second-order valence-corrected chi connectivity index (χ2v) is 6.19. The van der Waals surface area contributed by atoms with Crippen LogP contribution in [0, 0.1) is 0 Å². The third-order valence-electron chi connectivity index (χ3n) is 4.96. The Hall–Kier alpha value is -2.04. The Morgan fingerprint density at radius 1 is 1.36 bits per heavy atom. The maximum absolute atomic E-state index is 13.0. The highest BCUT2D eigenvalue weighted by Gasteiger charge is 2.34. The lowest BCUT2D eigenvalue weighted by Gasteiger charge is -2.36. The first kappa shape index (κ1) is 13.6. The van der Waals surface area contributed by atoms with Gasteiger partial charge in [0.2, 0.25) is 0 Å². The second-order valence-electron chi connectivity index (χ2n) is 6.19. The summed E-state index contributed by atoms with van der Waals surface area (Å²) in [5.74, 6) is 0.953. The van der Waals surface area contributed by atoms with E-state index in [4.69, 9.17) is 4.52 Å². The lowest BCUT2D eigenvalue weighted by Crippen LogP contribution is -2.42. The summed E-state index contributed by atoms with van der Waals surface area (Å²) in [5, 5.41) is 4.11. The molecular formula is C17H21N3O2. The van der Waals surface area contributed by atoms with Gasteiger partial charge in [0.1, 0.15) is 5.76 Å². The van der Waals surface area contributed by atoms with Crippen LogP contribution in [0.4, 0.5) is 0 Å². The van der Waals surface area contributed by atoms with Gasteiger partial charge < -0.3 is 14.0 Å². The van der Waals surface area contributed by atoms with E-state index in [2.05, 4.69) is 35.0 Å². The topological polar surface area (TPSA) is 51.3 Å². The molecule has 0 aromatic carbocycles. The van der Waals surface area contributed by atoms with E-state index in [1.165, 1.54) is 5.69 Å². The molecule has 116 valence electrons. The fourth-order valence-corrected chi connectivity index (χ4v) is 3.83. The van der Waals surface area contributed by atoms with Gasteiger partial charge in [-0.1, -0.05) is 12.1 Å². The Labute approximate surface area is 129 Å². The molecule has 5 nitrogen and oxygen atoms in total. The quantitative estimate of drug-likeness (QED) is 0.856. The van der Waals surface area contributed by atoms with Crippen molar-refractivity contribution in [3.8, 4) is 0 Å². The van der Waals surface area contributed by atoms with Gasteiger partial charge in [0.25, 0.3) is 5.91 Å². The molecule has 1 atom stereocenters. The Morgan fingerprint density at radius 2 is 2.23 bits per heavy atom. The monoisotopic (exact) mass is 299 g/mol. The lowest BCUT2D eigenvalue weighted by atomic mass is 9.95. The van der Waals surface area contributed by atoms with Crippen molar-refractivity contribution in [2.45, 2.75) is 51.6 Å². The number of nitrogens with zero attached hydrogens (tertiary/aromatic N) is 3. The van der Waals surface area contributed by atoms with E-state index in [1.54, 1.807) is 0 Å². The summed E-state index contributed by atoms with van der Waals surface area (Å²) in [6, 6.07) is 4.31. The van der Waals surface area contributed by atoms with Crippen molar-refractivity contribution in [3.63, 3.8) is 0 Å². The summed E-state index contributed by atoms with van der Waals surface area (Å²) in [6.45, 7) is 3.72. The molecule has 2 aliphatic rings. The predicted octanol–water partition coefficient (Wildman–Crippen LogP) is 2.96. The fraction of sp³-hybridized carbons (Fsp3) is 0.529. The molecule has 0 bridgehead atoms. The van der Waals surface area contributed by atoms with Gasteiger partial charge in [0.15, 0.2) is 5.69 Å². The van der Waals surface area contributed by atoms with Gasteiger partial charge in [0, 0.05) is 37.0 Å². The molecule has 5 heteroatoms. The molecule has 0 spiro atoms. The molecule has 22 heavy (non-hydrogen) atoms. The lowest BCUT2D eigenvalue weighted by molar-refractivity contribution is 0.0606. The van der Waals surface area contributed by atoms with Gasteiger partial charge in [-0.15, -0.1) is 0 Å². The third-order valence-corrected chi connectivity index (χ3v) is 4.96. The van der Waals surface area contributed by atoms with Crippen molar-refractivity contribution >= 4 is 5.91 Å². The highest BCUT2D eigenvalue weighted by molar-refractivity contribution is 5.94. The van der Waals surface area contributed by atoms with Crippen LogP contribution in [-0.4, -0.2) is 27.1 Å². The van der Waals surface area contributed by atoms with E-state index in [9.17, 15) is 4.79 Å². The fourth-order valence-electron chi connectivity index (χ4n) is 3.83. The van der Waals surface area contributed by atoms with E-state index in [0.717, 1.165) is 56.5 Å². The van der Waals surface area contributed by atoms with Gasteiger partial charge in [-0.2, -0.15) is 0 Å². The number of rotatable bonds is 2. The largest absolute Gasteiger partial charge is 0.360 e. The SMILES string of the molecule is CC[C@H]1c2cccn2CCN1C(=O)c1noc2c1CCCC2. The number of carbonyl (C=O) groups is 1. The molecule has 1 aliphatic heterocycles. The second kappa shape index (κ2) is 5.30. The standard InChI is InChI=1S/C17H21N3O2/c1-2-13-14-7-5-9-19(14)10-11-20(13)17(21)16-12-6-3-4-8-15(12)22-18-16/h5,7,9,13H,2-4,6,8,10-11H2,1H3/t13-/m0/s1. The minimum atomic E-state index is 0.0335. The zero-order chi connectivity index (χ0) is 15.1. The smallest absolute Gasteiger partial charge is 0.276 e. The summed E-state index contributed by atoms with van der Waals surface area (Å²) in [4.78, 5) is 15.0. The van der Waals surface area contributed by atoms with E-state index >= 15 is 0 Å². The number of amides is 1.